The normalized spacial score (nSPS) is 10.6. The molecule has 6 nitrogen and oxygen atoms in total. The molecule has 0 spiro atoms. The number of hydrogen-bond acceptors (Lipinski definition) is 4. The van der Waals surface area contributed by atoms with Gasteiger partial charge < -0.3 is 14.8 Å². The summed E-state index contributed by atoms with van der Waals surface area (Å²) >= 11 is 0. The first-order valence-electron chi connectivity index (χ1n) is 10.2. The Morgan fingerprint density at radius 3 is 2.39 bits per heavy atom. The fourth-order valence-corrected chi connectivity index (χ4v) is 2.94. The van der Waals surface area contributed by atoms with Crippen molar-refractivity contribution in [1.29, 1.82) is 0 Å². The van der Waals surface area contributed by atoms with Crippen molar-refractivity contribution in [3.63, 3.8) is 0 Å². The molecule has 0 atom stereocenters. The lowest BCUT2D eigenvalue weighted by molar-refractivity contribution is 0.246. The highest BCUT2D eigenvalue weighted by molar-refractivity contribution is 5.90. The van der Waals surface area contributed by atoms with Crippen LogP contribution in [-0.2, 0) is 0 Å². The summed E-state index contributed by atoms with van der Waals surface area (Å²) in [5, 5.41) is 6.71. The smallest absolute Gasteiger partial charge is 0.339 e. The van der Waals surface area contributed by atoms with Crippen molar-refractivity contribution in [2.75, 3.05) is 18.5 Å². The summed E-state index contributed by atoms with van der Waals surface area (Å²) in [5.74, 6) is 1.60. The molecule has 0 bridgehead atoms. The van der Waals surface area contributed by atoms with E-state index in [1.54, 1.807) is 18.3 Å². The van der Waals surface area contributed by atoms with E-state index in [0.29, 0.717) is 24.7 Å². The summed E-state index contributed by atoms with van der Waals surface area (Å²) in [6.07, 6.45) is 2.31. The molecule has 3 rings (SSSR count). The van der Waals surface area contributed by atoms with Crippen molar-refractivity contribution >= 4 is 17.9 Å². The van der Waals surface area contributed by atoms with Crippen molar-refractivity contribution in [2.45, 2.75) is 20.3 Å². The molecular formula is C25H27N3O3. The Kier molecular flexibility index (Phi) is 8.05. The molecule has 0 radical (unpaired) electrons. The monoisotopic (exact) mass is 417 g/mol. The highest BCUT2D eigenvalue weighted by atomic mass is 16.5. The fraction of sp³-hybridized carbons (Fsp3) is 0.200. The molecule has 3 aromatic rings. The Morgan fingerprint density at radius 1 is 0.903 bits per heavy atom. The standard InChI is InChI=1S/C25H27N3O3/c1-19-13-14-23(20(2)17-19)30-15-8-16-31-24-12-7-6-9-21(24)18-26-28-25(29)27-22-10-4-3-5-11-22/h3-7,9-14,17-18H,8,15-16H2,1-2H3,(H2,27,28,29)/b26-18+. The number of urea groups is 1. The number of benzene rings is 3. The average Bonchev–Trinajstić information content (AvgIpc) is 2.76. The van der Waals surface area contributed by atoms with E-state index in [-0.39, 0.29) is 0 Å². The Balaban J connectivity index is 1.44. The molecule has 3 aromatic carbocycles. The van der Waals surface area contributed by atoms with Gasteiger partial charge in [-0.3, -0.25) is 0 Å². The number of para-hydroxylation sites is 2. The van der Waals surface area contributed by atoms with Gasteiger partial charge in [-0.2, -0.15) is 5.10 Å². The van der Waals surface area contributed by atoms with Gasteiger partial charge in [-0.15, -0.1) is 0 Å². The zero-order chi connectivity index (χ0) is 21.9. The van der Waals surface area contributed by atoms with E-state index < -0.39 is 6.03 Å². The topological polar surface area (TPSA) is 72.0 Å². The van der Waals surface area contributed by atoms with Gasteiger partial charge in [-0.1, -0.05) is 48.0 Å². The van der Waals surface area contributed by atoms with E-state index in [2.05, 4.69) is 28.8 Å². The van der Waals surface area contributed by atoms with Gasteiger partial charge >= 0.3 is 6.03 Å². The van der Waals surface area contributed by atoms with Crippen LogP contribution in [0.4, 0.5) is 10.5 Å². The lowest BCUT2D eigenvalue weighted by Crippen LogP contribution is -2.24. The van der Waals surface area contributed by atoms with Crippen molar-refractivity contribution < 1.29 is 14.3 Å². The number of carbonyl (C=O) groups excluding carboxylic acids is 1. The molecule has 160 valence electrons. The van der Waals surface area contributed by atoms with Crippen molar-refractivity contribution in [1.82, 2.24) is 5.43 Å². The van der Waals surface area contributed by atoms with E-state index in [4.69, 9.17) is 9.47 Å². The van der Waals surface area contributed by atoms with Crippen molar-refractivity contribution in [3.8, 4) is 11.5 Å². The van der Waals surface area contributed by atoms with Crippen LogP contribution in [0.15, 0.2) is 77.9 Å². The number of carbonyl (C=O) groups is 1. The highest BCUT2D eigenvalue weighted by Crippen LogP contribution is 2.19. The Hall–Kier alpha value is -3.80. The number of nitrogens with one attached hydrogen (secondary N) is 2. The molecule has 31 heavy (non-hydrogen) atoms. The van der Waals surface area contributed by atoms with Crippen LogP contribution in [0.1, 0.15) is 23.1 Å². The third kappa shape index (κ3) is 7.19. The predicted octanol–water partition coefficient (Wildman–Crippen LogP) is 5.31. The molecule has 0 fully saturated rings. The lowest BCUT2D eigenvalue weighted by Gasteiger charge is -2.11. The molecule has 0 saturated heterocycles. The van der Waals surface area contributed by atoms with E-state index in [1.165, 1.54) is 5.56 Å². The van der Waals surface area contributed by atoms with Gasteiger partial charge in [-0.05, 0) is 49.7 Å². The van der Waals surface area contributed by atoms with Crippen LogP contribution in [0.25, 0.3) is 0 Å². The van der Waals surface area contributed by atoms with Crippen molar-refractivity contribution in [3.05, 3.63) is 89.5 Å². The number of rotatable bonds is 9. The van der Waals surface area contributed by atoms with E-state index in [0.717, 1.165) is 23.3 Å². The summed E-state index contributed by atoms with van der Waals surface area (Å²) < 4.78 is 11.7. The maximum absolute atomic E-state index is 11.9. The van der Waals surface area contributed by atoms with Crippen LogP contribution in [0.3, 0.4) is 0 Å². The molecule has 0 aromatic heterocycles. The average molecular weight is 418 g/mol. The van der Waals surface area contributed by atoms with Crippen molar-refractivity contribution in [2.24, 2.45) is 5.10 Å². The number of aryl methyl sites for hydroxylation is 2. The first kappa shape index (κ1) is 21.9. The van der Waals surface area contributed by atoms with Gasteiger partial charge in [0.15, 0.2) is 0 Å². The van der Waals surface area contributed by atoms with Crippen LogP contribution in [0.5, 0.6) is 11.5 Å². The zero-order valence-corrected chi connectivity index (χ0v) is 17.8. The Labute approximate surface area is 182 Å². The van der Waals surface area contributed by atoms with Gasteiger partial charge in [0.2, 0.25) is 0 Å². The first-order valence-corrected chi connectivity index (χ1v) is 10.2. The predicted molar refractivity (Wildman–Crippen MR) is 124 cm³/mol. The highest BCUT2D eigenvalue weighted by Gasteiger charge is 2.03. The summed E-state index contributed by atoms with van der Waals surface area (Å²) in [5.41, 5.74) is 6.28. The number of anilines is 1. The Morgan fingerprint density at radius 2 is 1.61 bits per heavy atom. The van der Waals surface area contributed by atoms with Gasteiger partial charge in [0.05, 0.1) is 19.4 Å². The van der Waals surface area contributed by atoms with Crippen LogP contribution in [0, 0.1) is 13.8 Å². The maximum Gasteiger partial charge on any atom is 0.339 e. The molecule has 0 aliphatic heterocycles. The minimum absolute atomic E-state index is 0.413. The SMILES string of the molecule is Cc1ccc(OCCCOc2ccccc2/C=N/NC(=O)Nc2ccccc2)c(C)c1. The van der Waals surface area contributed by atoms with E-state index >= 15 is 0 Å². The van der Waals surface area contributed by atoms with Gasteiger partial charge in [-0.25, -0.2) is 10.2 Å². The first-order chi connectivity index (χ1) is 15.1. The Bertz CT molecular complexity index is 1020. The van der Waals surface area contributed by atoms with E-state index in [1.807, 2.05) is 61.5 Å². The summed E-state index contributed by atoms with van der Waals surface area (Å²) in [7, 11) is 0. The molecular weight excluding hydrogens is 390 g/mol. The minimum Gasteiger partial charge on any atom is -0.493 e. The summed E-state index contributed by atoms with van der Waals surface area (Å²) in [6, 6.07) is 22.5. The second kappa shape index (κ2) is 11.4. The molecule has 0 saturated carbocycles. The number of nitrogens with zero attached hydrogens (tertiary/aromatic N) is 1. The molecule has 0 heterocycles. The number of ether oxygens (including phenoxy) is 2. The molecule has 0 unspecified atom stereocenters. The molecule has 0 aliphatic rings. The van der Waals surface area contributed by atoms with Gasteiger partial charge in [0, 0.05) is 17.7 Å². The molecule has 2 N–H and O–H groups in total. The largest absolute Gasteiger partial charge is 0.493 e. The van der Waals surface area contributed by atoms with Crippen LogP contribution >= 0.6 is 0 Å². The summed E-state index contributed by atoms with van der Waals surface area (Å²) in [6.45, 7) is 5.19. The minimum atomic E-state index is -0.413. The molecule has 6 heteroatoms. The van der Waals surface area contributed by atoms with Gasteiger partial charge in [0.1, 0.15) is 11.5 Å². The fourth-order valence-electron chi connectivity index (χ4n) is 2.94. The third-order valence-electron chi connectivity index (χ3n) is 4.45. The van der Waals surface area contributed by atoms with Gasteiger partial charge in [0.25, 0.3) is 0 Å². The van der Waals surface area contributed by atoms with E-state index in [9.17, 15) is 4.79 Å². The number of amides is 2. The summed E-state index contributed by atoms with van der Waals surface area (Å²) in [4.78, 5) is 11.9. The zero-order valence-electron chi connectivity index (χ0n) is 17.8. The quantitative estimate of drug-likeness (QED) is 0.282. The molecule has 0 aliphatic carbocycles. The van der Waals surface area contributed by atoms with Crippen LogP contribution in [-0.4, -0.2) is 25.5 Å². The second-order valence-corrected chi connectivity index (χ2v) is 7.05. The molecule has 2 amide bonds. The van der Waals surface area contributed by atoms with Crippen LogP contribution < -0.4 is 20.2 Å². The lowest BCUT2D eigenvalue weighted by atomic mass is 10.1. The third-order valence-corrected chi connectivity index (χ3v) is 4.45. The maximum atomic E-state index is 11.9. The number of hydrogen-bond donors (Lipinski definition) is 2. The second-order valence-electron chi connectivity index (χ2n) is 7.05. The van der Waals surface area contributed by atoms with Crippen LogP contribution in [0.2, 0.25) is 0 Å². The number of hydrazone groups is 1.